The fourth-order valence-corrected chi connectivity index (χ4v) is 6.04. The minimum absolute atomic E-state index is 0.0373. The van der Waals surface area contributed by atoms with Gasteiger partial charge in [0.1, 0.15) is 22.0 Å². The molecule has 0 atom stereocenters. The molecule has 0 fully saturated rings. The van der Waals surface area contributed by atoms with Gasteiger partial charge in [0.05, 0.1) is 27.8 Å². The monoisotopic (exact) mass is 625 g/mol. The highest BCUT2D eigenvalue weighted by molar-refractivity contribution is 7.91. The fraction of sp³-hybridized carbons (Fsp3) is 0.158. The number of sulfone groups is 1. The van der Waals surface area contributed by atoms with Crippen LogP contribution in [0.1, 0.15) is 0 Å². The number of aromatic hydroxyl groups is 1. The van der Waals surface area contributed by atoms with Gasteiger partial charge in [-0.05, 0) is 36.4 Å². The molecule has 0 heterocycles. The maximum atomic E-state index is 12.5. The number of fused-ring (bicyclic) bond motifs is 1. The summed E-state index contributed by atoms with van der Waals surface area (Å²) in [5, 5.41) is 20.7. The van der Waals surface area contributed by atoms with E-state index in [1.165, 1.54) is 19.2 Å². The average Bonchev–Trinajstić information content (AvgIpc) is 2.80. The molecule has 0 radical (unpaired) electrons. The molecule has 3 rings (SSSR count). The number of nitrogens with zero attached hydrogens (tertiary/aromatic N) is 2. The second kappa shape index (κ2) is 10.7. The molecule has 3 aromatic rings. The molecule has 0 aromatic heterocycles. The number of anilines is 1. The molecule has 212 valence electrons. The van der Waals surface area contributed by atoms with Crippen LogP contribution in [0.15, 0.2) is 67.4 Å². The maximum absolute atomic E-state index is 12.5. The van der Waals surface area contributed by atoms with Crippen molar-refractivity contribution in [1.29, 1.82) is 0 Å². The second-order valence-electron chi connectivity index (χ2n) is 7.60. The molecule has 0 aliphatic carbocycles. The Labute approximate surface area is 222 Å². The Balaban J connectivity index is 2.16. The molecule has 0 spiro atoms. The summed E-state index contributed by atoms with van der Waals surface area (Å²) in [5.41, 5.74) is -0.472. The molecular weight excluding hydrogens is 606 g/mol. The van der Waals surface area contributed by atoms with Crippen LogP contribution in [-0.4, -0.2) is 71.8 Å². The predicted octanol–water partition coefficient (Wildman–Crippen LogP) is 2.09. The van der Waals surface area contributed by atoms with Crippen LogP contribution in [-0.2, 0) is 44.7 Å². The lowest BCUT2D eigenvalue weighted by molar-refractivity contribution is 0.284. The molecule has 0 amide bonds. The number of hydrogen-bond donors (Lipinski definition) is 5. The van der Waals surface area contributed by atoms with Crippen molar-refractivity contribution in [2.75, 3.05) is 24.7 Å². The van der Waals surface area contributed by atoms with E-state index < -0.39 is 79.0 Å². The predicted molar refractivity (Wildman–Crippen MR) is 135 cm³/mol. The summed E-state index contributed by atoms with van der Waals surface area (Å²) in [5.74, 6) is -1.52. The standard InChI is InChI=1S/C19H19N3O13S4/c1-20-16-5-3-13-14(8-12(9-17(13)23)37(26,27)28)19(16)22-21-15-4-2-11(10-18(15)38(29,30)31)36(24,25)7-6-35-39(32,33)34/h2-5,8-10,20,23H,6-7H2,1H3,(H,26,27,28)(H,29,30,31)(H,32,33,34). The van der Waals surface area contributed by atoms with E-state index in [4.69, 9.17) is 4.55 Å². The topological polar surface area (TPSA) is 263 Å². The van der Waals surface area contributed by atoms with Crippen molar-refractivity contribution in [1.82, 2.24) is 0 Å². The molecule has 16 nitrogen and oxygen atoms in total. The fourth-order valence-electron chi connectivity index (χ4n) is 3.28. The van der Waals surface area contributed by atoms with Crippen LogP contribution in [0.3, 0.4) is 0 Å². The third-order valence-electron chi connectivity index (χ3n) is 5.04. The SMILES string of the molecule is CNc1ccc2c(O)cc(S(=O)(=O)O)cc2c1N=Nc1ccc(S(=O)(=O)CCOS(=O)(=O)O)cc1S(=O)(=O)O. The van der Waals surface area contributed by atoms with Crippen molar-refractivity contribution in [3.05, 3.63) is 42.5 Å². The molecule has 20 heteroatoms. The van der Waals surface area contributed by atoms with E-state index in [1.54, 1.807) is 0 Å². The normalized spacial score (nSPS) is 13.2. The summed E-state index contributed by atoms with van der Waals surface area (Å²) in [4.78, 5) is -2.35. The molecule has 0 saturated heterocycles. The summed E-state index contributed by atoms with van der Waals surface area (Å²) in [6, 6.07) is 6.90. The highest BCUT2D eigenvalue weighted by atomic mass is 32.3. The summed E-state index contributed by atoms with van der Waals surface area (Å²) in [6.07, 6.45) is 0. The molecule has 5 N–H and O–H groups in total. The van der Waals surface area contributed by atoms with E-state index in [2.05, 4.69) is 19.7 Å². The van der Waals surface area contributed by atoms with Crippen LogP contribution in [0.2, 0.25) is 0 Å². The summed E-state index contributed by atoms with van der Waals surface area (Å²) in [6.45, 7) is -0.990. The van der Waals surface area contributed by atoms with Gasteiger partial charge in [-0.15, -0.1) is 10.2 Å². The number of benzene rings is 3. The van der Waals surface area contributed by atoms with Gasteiger partial charge in [-0.1, -0.05) is 0 Å². The zero-order valence-electron chi connectivity index (χ0n) is 19.4. The highest BCUT2D eigenvalue weighted by Crippen LogP contribution is 2.40. The first kappa shape index (κ1) is 30.3. The van der Waals surface area contributed by atoms with Crippen LogP contribution in [0.25, 0.3) is 10.8 Å². The van der Waals surface area contributed by atoms with Gasteiger partial charge in [0.25, 0.3) is 20.2 Å². The van der Waals surface area contributed by atoms with Gasteiger partial charge in [-0.25, -0.2) is 12.6 Å². The van der Waals surface area contributed by atoms with Gasteiger partial charge in [-0.2, -0.15) is 25.3 Å². The number of hydrogen-bond acceptors (Lipinski definition) is 13. The Hall–Kier alpha value is -3.24. The quantitative estimate of drug-likeness (QED) is 0.160. The molecule has 39 heavy (non-hydrogen) atoms. The van der Waals surface area contributed by atoms with Crippen LogP contribution in [0.4, 0.5) is 17.1 Å². The van der Waals surface area contributed by atoms with Gasteiger partial charge < -0.3 is 10.4 Å². The Morgan fingerprint density at radius 1 is 0.795 bits per heavy atom. The molecule has 0 saturated carbocycles. The number of phenols is 1. The van der Waals surface area contributed by atoms with Crippen LogP contribution < -0.4 is 5.32 Å². The lowest BCUT2D eigenvalue weighted by atomic mass is 10.1. The van der Waals surface area contributed by atoms with E-state index in [1.807, 2.05) is 0 Å². The zero-order valence-corrected chi connectivity index (χ0v) is 22.7. The van der Waals surface area contributed by atoms with Crippen LogP contribution >= 0.6 is 0 Å². The Morgan fingerprint density at radius 2 is 1.46 bits per heavy atom. The van der Waals surface area contributed by atoms with E-state index >= 15 is 0 Å². The van der Waals surface area contributed by atoms with Gasteiger partial charge in [0.15, 0.2) is 9.84 Å². The largest absolute Gasteiger partial charge is 0.507 e. The minimum Gasteiger partial charge on any atom is -0.507 e. The van der Waals surface area contributed by atoms with Gasteiger partial charge in [-0.3, -0.25) is 13.7 Å². The van der Waals surface area contributed by atoms with E-state index in [9.17, 15) is 47.9 Å². The van der Waals surface area contributed by atoms with E-state index in [-0.39, 0.29) is 22.1 Å². The third-order valence-corrected chi connectivity index (χ3v) is 8.89. The maximum Gasteiger partial charge on any atom is 0.397 e. The average molecular weight is 626 g/mol. The van der Waals surface area contributed by atoms with Crippen LogP contribution in [0.5, 0.6) is 5.75 Å². The first-order valence-electron chi connectivity index (χ1n) is 10.2. The summed E-state index contributed by atoms with van der Waals surface area (Å²) < 4.78 is 125. The molecule has 0 aliphatic heterocycles. The number of phenolic OH excluding ortho intramolecular Hbond substituents is 1. The Kier molecular flexibility index (Phi) is 8.34. The van der Waals surface area contributed by atoms with Crippen molar-refractivity contribution in [3.63, 3.8) is 0 Å². The molecule has 0 unspecified atom stereocenters. The number of azo groups is 1. The minimum atomic E-state index is -5.11. The van der Waals surface area contributed by atoms with Gasteiger partial charge in [0.2, 0.25) is 0 Å². The highest BCUT2D eigenvalue weighted by Gasteiger charge is 2.23. The van der Waals surface area contributed by atoms with Crippen molar-refractivity contribution in [2.45, 2.75) is 14.7 Å². The third kappa shape index (κ3) is 7.24. The smallest absolute Gasteiger partial charge is 0.397 e. The first-order chi connectivity index (χ1) is 17.8. The van der Waals surface area contributed by atoms with Crippen molar-refractivity contribution in [2.24, 2.45) is 10.2 Å². The lowest BCUT2D eigenvalue weighted by Crippen LogP contribution is -2.16. The summed E-state index contributed by atoms with van der Waals surface area (Å²) >= 11 is 0. The summed E-state index contributed by atoms with van der Waals surface area (Å²) in [7, 11) is -17.7. The number of nitrogens with one attached hydrogen (secondary N) is 1. The lowest BCUT2D eigenvalue weighted by Gasteiger charge is -2.11. The number of rotatable bonds is 10. The molecule has 0 bridgehead atoms. The molecule has 0 aliphatic rings. The van der Waals surface area contributed by atoms with Crippen molar-refractivity contribution < 1.29 is 56.6 Å². The first-order valence-corrected chi connectivity index (χ1v) is 16.1. The Bertz CT molecular complexity index is 1920. The van der Waals surface area contributed by atoms with Gasteiger partial charge >= 0.3 is 10.4 Å². The van der Waals surface area contributed by atoms with Crippen molar-refractivity contribution in [3.8, 4) is 5.75 Å². The Morgan fingerprint density at radius 3 is 2.03 bits per heavy atom. The van der Waals surface area contributed by atoms with Crippen molar-refractivity contribution >= 4 is 68.3 Å². The van der Waals surface area contributed by atoms with Gasteiger partial charge in [0, 0.05) is 23.9 Å². The van der Waals surface area contributed by atoms with E-state index in [0.29, 0.717) is 6.07 Å². The van der Waals surface area contributed by atoms with Crippen LogP contribution in [0, 0.1) is 0 Å². The molecular formula is C19H19N3O13S4. The molecule has 3 aromatic carbocycles. The zero-order chi connectivity index (χ0) is 29.4. The van der Waals surface area contributed by atoms with E-state index in [0.717, 1.165) is 24.3 Å². The second-order valence-corrected chi connectivity index (χ2v) is 13.6.